The zero-order valence-electron chi connectivity index (χ0n) is 14.1. The van der Waals surface area contributed by atoms with E-state index in [4.69, 9.17) is 32.7 Å². The highest BCUT2D eigenvalue weighted by atomic mass is 35.5. The Kier molecular flexibility index (Phi) is 6.99. The van der Waals surface area contributed by atoms with Gasteiger partial charge in [-0.05, 0) is 37.1 Å². The van der Waals surface area contributed by atoms with Crippen molar-refractivity contribution in [1.82, 2.24) is 0 Å². The van der Waals surface area contributed by atoms with Crippen molar-refractivity contribution in [3.63, 3.8) is 0 Å². The van der Waals surface area contributed by atoms with E-state index in [1.165, 1.54) is 14.2 Å². The van der Waals surface area contributed by atoms with Gasteiger partial charge in [-0.3, -0.25) is 0 Å². The predicted octanol–water partition coefficient (Wildman–Crippen LogP) is 4.10. The lowest BCUT2D eigenvalue weighted by molar-refractivity contribution is 0.407. The molecule has 7 heteroatoms. The highest BCUT2D eigenvalue weighted by Gasteiger charge is 2.27. The zero-order valence-corrected chi connectivity index (χ0v) is 16.4. The molecule has 2 rings (SSSR count). The van der Waals surface area contributed by atoms with Crippen LogP contribution in [0.1, 0.15) is 11.1 Å². The minimum Gasteiger partial charge on any atom is -0.496 e. The molecule has 4 nitrogen and oxygen atoms in total. The molecule has 0 heterocycles. The van der Waals surface area contributed by atoms with Gasteiger partial charge in [0.15, 0.2) is 0 Å². The summed E-state index contributed by atoms with van der Waals surface area (Å²) in [7, 11) is -0.771. The molecular formula is C18H20Cl2O4S. The molecule has 25 heavy (non-hydrogen) atoms. The number of hydrogen-bond donors (Lipinski definition) is 0. The molecule has 0 saturated heterocycles. The van der Waals surface area contributed by atoms with Crippen LogP contribution in [-0.2, 0) is 22.7 Å². The number of rotatable bonds is 8. The normalized spacial score (nSPS) is 11.4. The van der Waals surface area contributed by atoms with Crippen LogP contribution in [0.25, 0.3) is 0 Å². The van der Waals surface area contributed by atoms with Crippen molar-refractivity contribution in [3.05, 3.63) is 47.5 Å². The van der Waals surface area contributed by atoms with E-state index in [1.54, 1.807) is 36.4 Å². The van der Waals surface area contributed by atoms with Gasteiger partial charge in [-0.15, -0.1) is 23.2 Å². The molecule has 0 N–H and O–H groups in total. The molecule has 0 aromatic heterocycles. The van der Waals surface area contributed by atoms with Crippen molar-refractivity contribution in [2.75, 3.05) is 26.0 Å². The lowest BCUT2D eigenvalue weighted by Crippen LogP contribution is -2.11. The monoisotopic (exact) mass is 402 g/mol. The van der Waals surface area contributed by atoms with Crippen molar-refractivity contribution in [2.45, 2.75) is 22.6 Å². The van der Waals surface area contributed by atoms with Gasteiger partial charge < -0.3 is 9.47 Å². The molecule has 0 radical (unpaired) electrons. The average molecular weight is 403 g/mol. The second-order valence-electron chi connectivity index (χ2n) is 5.26. The Labute approximate surface area is 158 Å². The molecule has 2 aromatic rings. The van der Waals surface area contributed by atoms with Crippen LogP contribution in [0.5, 0.6) is 11.5 Å². The highest BCUT2D eigenvalue weighted by Crippen LogP contribution is 2.35. The standard InChI is InChI=1S/C18H20Cl2O4S/c1-23-15-5-3-7-17(13(15)9-11-19)25(21,22)18-8-4-6-16(24-2)14(18)10-12-20/h3-8H,9-12H2,1-2H3. The molecule has 0 unspecified atom stereocenters. The summed E-state index contributed by atoms with van der Waals surface area (Å²) < 4.78 is 37.4. The molecule has 0 atom stereocenters. The lowest BCUT2D eigenvalue weighted by Gasteiger charge is -2.17. The third kappa shape index (κ3) is 4.05. The SMILES string of the molecule is COc1cccc(S(=O)(=O)c2cccc(OC)c2CCCl)c1CCCl. The largest absolute Gasteiger partial charge is 0.496 e. The van der Waals surface area contributed by atoms with Crippen molar-refractivity contribution in [2.24, 2.45) is 0 Å². The summed E-state index contributed by atoms with van der Waals surface area (Å²) in [5, 5.41) is 0. The Hall–Kier alpha value is -1.43. The van der Waals surface area contributed by atoms with Crippen molar-refractivity contribution >= 4 is 33.0 Å². The van der Waals surface area contributed by atoms with Crippen molar-refractivity contribution in [1.29, 1.82) is 0 Å². The van der Waals surface area contributed by atoms with Gasteiger partial charge in [-0.2, -0.15) is 0 Å². The molecule has 136 valence electrons. The zero-order chi connectivity index (χ0) is 18.4. The lowest BCUT2D eigenvalue weighted by atomic mass is 10.1. The van der Waals surface area contributed by atoms with Crippen molar-refractivity contribution in [3.8, 4) is 11.5 Å². The van der Waals surface area contributed by atoms with Crippen molar-refractivity contribution < 1.29 is 17.9 Å². The first-order valence-electron chi connectivity index (χ1n) is 7.70. The molecule has 0 amide bonds. The maximum absolute atomic E-state index is 13.4. The number of halogens is 2. The minimum absolute atomic E-state index is 0.191. The molecule has 0 fully saturated rings. The Bertz CT molecular complexity index is 771. The number of hydrogen-bond acceptors (Lipinski definition) is 4. The molecule has 2 aromatic carbocycles. The molecule has 0 aliphatic carbocycles. The van der Waals surface area contributed by atoms with E-state index in [1.807, 2.05) is 0 Å². The Morgan fingerprint density at radius 1 is 0.800 bits per heavy atom. The van der Waals surface area contributed by atoms with Gasteiger partial charge in [0.1, 0.15) is 11.5 Å². The molecule has 0 spiro atoms. The Balaban J connectivity index is 2.72. The van der Waals surface area contributed by atoms with Crippen LogP contribution in [-0.4, -0.2) is 34.4 Å². The first-order valence-corrected chi connectivity index (χ1v) is 10.2. The third-order valence-electron chi connectivity index (χ3n) is 3.89. The molecule has 0 aliphatic rings. The van der Waals surface area contributed by atoms with Gasteiger partial charge in [-0.1, -0.05) is 12.1 Å². The molecule has 0 bridgehead atoms. The molecule has 0 aliphatic heterocycles. The highest BCUT2D eigenvalue weighted by molar-refractivity contribution is 7.91. The van der Waals surface area contributed by atoms with Gasteiger partial charge >= 0.3 is 0 Å². The topological polar surface area (TPSA) is 52.6 Å². The second-order valence-corrected chi connectivity index (χ2v) is 7.90. The smallest absolute Gasteiger partial charge is 0.207 e. The van der Waals surface area contributed by atoms with Crippen LogP contribution < -0.4 is 9.47 Å². The van der Waals surface area contributed by atoms with Gasteiger partial charge in [-0.25, -0.2) is 8.42 Å². The quantitative estimate of drug-likeness (QED) is 0.623. The summed E-state index contributed by atoms with van der Waals surface area (Å²) in [6.07, 6.45) is 0.768. The summed E-state index contributed by atoms with van der Waals surface area (Å²) >= 11 is 11.7. The van der Waals surface area contributed by atoms with Gasteiger partial charge in [0, 0.05) is 22.9 Å². The van der Waals surface area contributed by atoms with Crippen LogP contribution >= 0.6 is 23.2 Å². The maximum atomic E-state index is 13.4. The predicted molar refractivity (Wildman–Crippen MR) is 100 cm³/mol. The fraction of sp³-hybridized carbons (Fsp3) is 0.333. The van der Waals surface area contributed by atoms with E-state index in [2.05, 4.69) is 0 Å². The summed E-state index contributed by atoms with van der Waals surface area (Å²) in [5.41, 5.74) is 1.14. The van der Waals surface area contributed by atoms with E-state index >= 15 is 0 Å². The Morgan fingerprint density at radius 3 is 1.52 bits per heavy atom. The second kappa shape index (κ2) is 8.79. The van der Waals surface area contributed by atoms with E-state index in [0.29, 0.717) is 35.5 Å². The summed E-state index contributed by atoms with van der Waals surface area (Å²) in [4.78, 5) is 0.383. The minimum atomic E-state index is -3.79. The van der Waals surface area contributed by atoms with Crippen LogP contribution in [0.15, 0.2) is 46.2 Å². The first-order chi connectivity index (χ1) is 12.0. The maximum Gasteiger partial charge on any atom is 0.207 e. The van der Waals surface area contributed by atoms with E-state index in [9.17, 15) is 8.42 Å². The summed E-state index contributed by atoms with van der Waals surface area (Å²) in [6.45, 7) is 0. The van der Waals surface area contributed by atoms with Crippen LogP contribution in [0.3, 0.4) is 0 Å². The van der Waals surface area contributed by atoms with Crippen LogP contribution in [0.4, 0.5) is 0 Å². The third-order valence-corrected chi connectivity index (χ3v) is 6.19. The molecule has 0 saturated carbocycles. The summed E-state index contributed by atoms with van der Waals surface area (Å²) in [6, 6.07) is 9.92. The number of sulfone groups is 1. The first kappa shape index (κ1) is 19.9. The van der Waals surface area contributed by atoms with Gasteiger partial charge in [0.25, 0.3) is 0 Å². The van der Waals surface area contributed by atoms with Gasteiger partial charge in [0.2, 0.25) is 9.84 Å². The van der Waals surface area contributed by atoms with Gasteiger partial charge in [0.05, 0.1) is 24.0 Å². The number of methoxy groups -OCH3 is 2. The van der Waals surface area contributed by atoms with E-state index in [0.717, 1.165) is 0 Å². The van der Waals surface area contributed by atoms with Crippen LogP contribution in [0, 0.1) is 0 Å². The molecular weight excluding hydrogens is 383 g/mol. The van der Waals surface area contributed by atoms with E-state index in [-0.39, 0.29) is 21.6 Å². The summed E-state index contributed by atoms with van der Waals surface area (Å²) in [5.74, 6) is 1.58. The fourth-order valence-corrected chi connectivity index (χ4v) is 4.96. The Morgan fingerprint density at radius 2 is 1.20 bits per heavy atom. The van der Waals surface area contributed by atoms with E-state index < -0.39 is 9.84 Å². The van der Waals surface area contributed by atoms with Crippen LogP contribution in [0.2, 0.25) is 0 Å². The fourth-order valence-electron chi connectivity index (χ4n) is 2.78. The number of ether oxygens (including phenoxy) is 2. The average Bonchev–Trinajstić information content (AvgIpc) is 2.62. The number of alkyl halides is 2. The number of benzene rings is 2.